The van der Waals surface area contributed by atoms with Crippen LogP contribution in [0.5, 0.6) is 17.2 Å². The standard InChI is InChI=1S/C21H26N2O3/c1-4-26-20-7-5-6-15(21(20)24)13-22-11-10-17-14(2)23-19-9-8-16(25-3)12-18(17)19/h5-9,12,22-24H,4,10-11,13H2,1-3H3. The van der Waals surface area contributed by atoms with Gasteiger partial charge in [0.25, 0.3) is 0 Å². The van der Waals surface area contributed by atoms with Crippen molar-refractivity contribution in [2.45, 2.75) is 26.8 Å². The summed E-state index contributed by atoms with van der Waals surface area (Å²) in [5, 5.41) is 14.9. The van der Waals surface area contributed by atoms with E-state index in [1.165, 1.54) is 16.6 Å². The Morgan fingerprint density at radius 1 is 1.19 bits per heavy atom. The molecule has 0 saturated carbocycles. The average Bonchev–Trinajstić information content (AvgIpc) is 2.96. The monoisotopic (exact) mass is 354 g/mol. The molecule has 26 heavy (non-hydrogen) atoms. The smallest absolute Gasteiger partial charge is 0.162 e. The van der Waals surface area contributed by atoms with E-state index >= 15 is 0 Å². The van der Waals surface area contributed by atoms with Crippen molar-refractivity contribution in [3.05, 3.63) is 53.2 Å². The summed E-state index contributed by atoms with van der Waals surface area (Å²) in [5.74, 6) is 1.62. The molecule has 1 heterocycles. The number of hydrogen-bond donors (Lipinski definition) is 3. The van der Waals surface area contributed by atoms with E-state index in [1.807, 2.05) is 25.1 Å². The zero-order valence-electron chi connectivity index (χ0n) is 15.6. The number of hydrogen-bond acceptors (Lipinski definition) is 4. The zero-order chi connectivity index (χ0) is 18.5. The molecule has 3 N–H and O–H groups in total. The molecule has 0 saturated heterocycles. The van der Waals surface area contributed by atoms with Crippen LogP contribution in [-0.2, 0) is 13.0 Å². The predicted molar refractivity (Wildman–Crippen MR) is 104 cm³/mol. The normalized spacial score (nSPS) is 11.0. The maximum Gasteiger partial charge on any atom is 0.162 e. The number of aryl methyl sites for hydroxylation is 1. The fourth-order valence-electron chi connectivity index (χ4n) is 3.23. The molecule has 0 fully saturated rings. The molecule has 2 aromatic carbocycles. The van der Waals surface area contributed by atoms with Gasteiger partial charge in [-0.2, -0.15) is 0 Å². The fourth-order valence-corrected chi connectivity index (χ4v) is 3.23. The molecule has 0 bridgehead atoms. The number of phenols is 1. The molecular formula is C21H26N2O3. The summed E-state index contributed by atoms with van der Waals surface area (Å²) in [6.07, 6.45) is 0.894. The first-order valence-electron chi connectivity index (χ1n) is 8.93. The summed E-state index contributed by atoms with van der Waals surface area (Å²) < 4.78 is 10.8. The van der Waals surface area contributed by atoms with E-state index in [1.54, 1.807) is 13.2 Å². The number of rotatable bonds is 8. The van der Waals surface area contributed by atoms with Gasteiger partial charge in [0.15, 0.2) is 11.5 Å². The van der Waals surface area contributed by atoms with Crippen molar-refractivity contribution < 1.29 is 14.6 Å². The van der Waals surface area contributed by atoms with E-state index in [4.69, 9.17) is 9.47 Å². The molecule has 1 aromatic heterocycles. The quantitative estimate of drug-likeness (QED) is 0.536. The van der Waals surface area contributed by atoms with Crippen LogP contribution in [0.15, 0.2) is 36.4 Å². The van der Waals surface area contributed by atoms with Crippen LogP contribution >= 0.6 is 0 Å². The van der Waals surface area contributed by atoms with E-state index in [0.717, 1.165) is 29.8 Å². The van der Waals surface area contributed by atoms with E-state index in [0.29, 0.717) is 18.9 Å². The minimum Gasteiger partial charge on any atom is -0.504 e. The third kappa shape index (κ3) is 3.78. The van der Waals surface area contributed by atoms with Gasteiger partial charge < -0.3 is 24.9 Å². The van der Waals surface area contributed by atoms with Gasteiger partial charge in [-0.05, 0) is 56.6 Å². The molecule has 138 valence electrons. The number of H-pyrrole nitrogens is 1. The summed E-state index contributed by atoms with van der Waals surface area (Å²) in [5.41, 5.74) is 4.43. The van der Waals surface area contributed by atoms with Crippen LogP contribution in [0.25, 0.3) is 10.9 Å². The van der Waals surface area contributed by atoms with Gasteiger partial charge >= 0.3 is 0 Å². The molecule has 5 heteroatoms. The van der Waals surface area contributed by atoms with E-state index in [9.17, 15) is 5.11 Å². The second-order valence-electron chi connectivity index (χ2n) is 6.26. The molecule has 3 aromatic rings. The predicted octanol–water partition coefficient (Wildman–Crippen LogP) is 3.92. The lowest BCUT2D eigenvalue weighted by atomic mass is 10.1. The maximum atomic E-state index is 10.3. The molecule has 0 atom stereocenters. The summed E-state index contributed by atoms with van der Waals surface area (Å²) in [4.78, 5) is 3.43. The average molecular weight is 354 g/mol. The number of methoxy groups -OCH3 is 1. The lowest BCUT2D eigenvalue weighted by Gasteiger charge is -2.11. The third-order valence-electron chi connectivity index (χ3n) is 4.58. The van der Waals surface area contributed by atoms with Gasteiger partial charge in [0.1, 0.15) is 5.75 Å². The summed E-state index contributed by atoms with van der Waals surface area (Å²) in [6, 6.07) is 11.7. The highest BCUT2D eigenvalue weighted by Crippen LogP contribution is 2.30. The Hall–Kier alpha value is -2.66. The number of fused-ring (bicyclic) bond motifs is 1. The maximum absolute atomic E-state index is 10.3. The van der Waals surface area contributed by atoms with Crippen molar-refractivity contribution in [1.82, 2.24) is 10.3 Å². The Balaban J connectivity index is 1.65. The van der Waals surface area contributed by atoms with Gasteiger partial charge in [-0.3, -0.25) is 0 Å². The molecular weight excluding hydrogens is 328 g/mol. The molecule has 5 nitrogen and oxygen atoms in total. The van der Waals surface area contributed by atoms with Crippen LogP contribution in [-0.4, -0.2) is 30.4 Å². The molecule has 0 unspecified atom stereocenters. The van der Waals surface area contributed by atoms with Gasteiger partial charge in [0, 0.05) is 28.7 Å². The summed E-state index contributed by atoms with van der Waals surface area (Å²) in [7, 11) is 1.69. The van der Waals surface area contributed by atoms with Gasteiger partial charge in [-0.15, -0.1) is 0 Å². The van der Waals surface area contributed by atoms with E-state index < -0.39 is 0 Å². The highest BCUT2D eigenvalue weighted by molar-refractivity contribution is 5.86. The van der Waals surface area contributed by atoms with E-state index in [2.05, 4.69) is 29.4 Å². The van der Waals surface area contributed by atoms with Crippen LogP contribution < -0.4 is 14.8 Å². The minimum absolute atomic E-state index is 0.217. The molecule has 0 aliphatic heterocycles. The second kappa shape index (κ2) is 8.15. The topological polar surface area (TPSA) is 66.5 Å². The number of aromatic nitrogens is 1. The first-order chi connectivity index (χ1) is 12.6. The Morgan fingerprint density at radius 2 is 2.04 bits per heavy atom. The van der Waals surface area contributed by atoms with Crippen LogP contribution in [0.4, 0.5) is 0 Å². The number of para-hydroxylation sites is 1. The van der Waals surface area contributed by atoms with Crippen molar-refractivity contribution in [2.75, 3.05) is 20.3 Å². The first-order valence-corrected chi connectivity index (χ1v) is 8.93. The Kier molecular flexibility index (Phi) is 5.68. The number of aromatic amines is 1. The summed E-state index contributed by atoms with van der Waals surface area (Å²) >= 11 is 0. The summed E-state index contributed by atoms with van der Waals surface area (Å²) in [6.45, 7) is 5.94. The van der Waals surface area contributed by atoms with Gasteiger partial charge in [-0.1, -0.05) is 12.1 Å². The Labute approximate surface area is 154 Å². The molecule has 0 radical (unpaired) electrons. The van der Waals surface area contributed by atoms with Gasteiger partial charge in [-0.25, -0.2) is 0 Å². The second-order valence-corrected chi connectivity index (χ2v) is 6.26. The van der Waals surface area contributed by atoms with Crippen LogP contribution in [0.2, 0.25) is 0 Å². The Bertz CT molecular complexity index is 886. The first kappa shape index (κ1) is 18.1. The SMILES string of the molecule is CCOc1cccc(CNCCc2c(C)[nH]c3ccc(OC)cc23)c1O. The minimum atomic E-state index is 0.217. The van der Waals surface area contributed by atoms with Crippen LogP contribution in [0, 0.1) is 6.92 Å². The highest BCUT2D eigenvalue weighted by Gasteiger charge is 2.10. The number of nitrogens with one attached hydrogen (secondary N) is 2. The van der Waals surface area contributed by atoms with Gasteiger partial charge in [0.05, 0.1) is 13.7 Å². The molecule has 0 aliphatic rings. The lowest BCUT2D eigenvalue weighted by molar-refractivity contribution is 0.316. The van der Waals surface area contributed by atoms with Crippen molar-refractivity contribution in [3.8, 4) is 17.2 Å². The highest BCUT2D eigenvalue weighted by atomic mass is 16.5. The number of benzene rings is 2. The van der Waals surface area contributed by atoms with Crippen LogP contribution in [0.3, 0.4) is 0 Å². The number of ether oxygens (including phenoxy) is 2. The number of phenolic OH excluding ortho intramolecular Hbond substituents is 1. The fraction of sp³-hybridized carbons (Fsp3) is 0.333. The largest absolute Gasteiger partial charge is 0.504 e. The molecule has 3 rings (SSSR count). The molecule has 0 amide bonds. The Morgan fingerprint density at radius 3 is 2.81 bits per heavy atom. The van der Waals surface area contributed by atoms with Crippen molar-refractivity contribution in [2.24, 2.45) is 0 Å². The van der Waals surface area contributed by atoms with Crippen molar-refractivity contribution in [1.29, 1.82) is 0 Å². The van der Waals surface area contributed by atoms with Crippen LogP contribution in [0.1, 0.15) is 23.7 Å². The van der Waals surface area contributed by atoms with Gasteiger partial charge in [0.2, 0.25) is 0 Å². The van der Waals surface area contributed by atoms with Crippen molar-refractivity contribution in [3.63, 3.8) is 0 Å². The zero-order valence-corrected chi connectivity index (χ0v) is 15.6. The molecule has 0 aliphatic carbocycles. The third-order valence-corrected chi connectivity index (χ3v) is 4.58. The van der Waals surface area contributed by atoms with E-state index in [-0.39, 0.29) is 5.75 Å². The van der Waals surface area contributed by atoms with Crippen molar-refractivity contribution >= 4 is 10.9 Å². The number of aromatic hydroxyl groups is 1. The lowest BCUT2D eigenvalue weighted by Crippen LogP contribution is -2.17. The molecule has 0 spiro atoms.